The van der Waals surface area contributed by atoms with Crippen molar-refractivity contribution in [3.8, 4) is 0 Å². The van der Waals surface area contributed by atoms with Crippen LogP contribution in [0.2, 0.25) is 0 Å². The van der Waals surface area contributed by atoms with Gasteiger partial charge in [-0.2, -0.15) is 0 Å². The van der Waals surface area contributed by atoms with Crippen LogP contribution in [0.4, 0.5) is 13.6 Å². The zero-order valence-electron chi connectivity index (χ0n) is 14.6. The number of ether oxygens (including phenoxy) is 2. The molecule has 1 atom stereocenters. The smallest absolute Gasteiger partial charge is 0.338 e. The van der Waals surface area contributed by atoms with Crippen molar-refractivity contribution in [2.24, 2.45) is 0 Å². The minimum Gasteiger partial charge on any atom is -0.460 e. The van der Waals surface area contributed by atoms with Crippen LogP contribution in [0.5, 0.6) is 0 Å². The average Bonchev–Trinajstić information content (AvgIpc) is 3.42. The van der Waals surface area contributed by atoms with Gasteiger partial charge in [0.15, 0.2) is 11.6 Å². The summed E-state index contributed by atoms with van der Waals surface area (Å²) in [5.41, 5.74) is 0.942. The summed E-state index contributed by atoms with van der Waals surface area (Å²) in [6.07, 6.45) is 1.71. The molecule has 1 saturated carbocycles. The molecular weight excluding hydrogens is 346 g/mol. The van der Waals surface area contributed by atoms with Crippen LogP contribution < -0.4 is 5.32 Å². The molecular formula is C18H20F2N2O4. The number of rotatable bonds is 6. The molecule has 0 unspecified atom stereocenters. The van der Waals surface area contributed by atoms with Gasteiger partial charge in [0.2, 0.25) is 0 Å². The van der Waals surface area contributed by atoms with Crippen LogP contribution in [-0.2, 0) is 14.3 Å². The van der Waals surface area contributed by atoms with Gasteiger partial charge in [-0.25, -0.2) is 18.4 Å². The molecule has 2 aliphatic rings. The third-order valence-corrected chi connectivity index (χ3v) is 4.46. The number of allylic oxidation sites excluding steroid dienone is 1. The SMILES string of the molecule is COCCOC(=O)C1=C(C)N(C2CC2)C(=O)N[C@@H]1c1ccc(F)c(F)c1. The zero-order chi connectivity index (χ0) is 18.8. The summed E-state index contributed by atoms with van der Waals surface area (Å²) in [4.78, 5) is 26.7. The van der Waals surface area contributed by atoms with E-state index < -0.39 is 23.6 Å². The number of amides is 2. The lowest BCUT2D eigenvalue weighted by molar-refractivity contribution is -0.140. The molecule has 0 saturated heterocycles. The fourth-order valence-corrected chi connectivity index (χ4v) is 3.03. The van der Waals surface area contributed by atoms with Gasteiger partial charge in [-0.3, -0.25) is 4.90 Å². The van der Waals surface area contributed by atoms with Crippen molar-refractivity contribution in [2.45, 2.75) is 31.8 Å². The van der Waals surface area contributed by atoms with E-state index in [1.54, 1.807) is 6.92 Å². The Balaban J connectivity index is 1.98. The number of esters is 1. The number of urea groups is 1. The number of hydrogen-bond acceptors (Lipinski definition) is 4. The van der Waals surface area contributed by atoms with Crippen molar-refractivity contribution in [3.05, 3.63) is 46.7 Å². The van der Waals surface area contributed by atoms with Crippen LogP contribution in [0.3, 0.4) is 0 Å². The van der Waals surface area contributed by atoms with Crippen LogP contribution in [0, 0.1) is 11.6 Å². The first-order valence-electron chi connectivity index (χ1n) is 8.35. The number of halogens is 2. The van der Waals surface area contributed by atoms with E-state index in [4.69, 9.17) is 9.47 Å². The third-order valence-electron chi connectivity index (χ3n) is 4.46. The summed E-state index contributed by atoms with van der Waals surface area (Å²) < 4.78 is 37.0. The van der Waals surface area contributed by atoms with E-state index >= 15 is 0 Å². The minimum absolute atomic E-state index is 0.0441. The van der Waals surface area contributed by atoms with Gasteiger partial charge >= 0.3 is 12.0 Å². The molecule has 0 radical (unpaired) electrons. The predicted molar refractivity (Wildman–Crippen MR) is 88.0 cm³/mol. The number of methoxy groups -OCH3 is 1. The molecule has 1 aromatic carbocycles. The summed E-state index contributed by atoms with van der Waals surface area (Å²) in [5.74, 6) is -2.67. The summed E-state index contributed by atoms with van der Waals surface area (Å²) in [5, 5.41) is 2.71. The fraction of sp³-hybridized carbons (Fsp3) is 0.444. The molecule has 26 heavy (non-hydrogen) atoms. The number of carbonyl (C=O) groups is 2. The molecule has 0 aromatic heterocycles. The second kappa shape index (κ2) is 7.41. The van der Waals surface area contributed by atoms with E-state index in [2.05, 4.69) is 5.32 Å². The van der Waals surface area contributed by atoms with Gasteiger partial charge in [0.25, 0.3) is 0 Å². The Hall–Kier alpha value is -2.48. The molecule has 6 nitrogen and oxygen atoms in total. The molecule has 1 aliphatic carbocycles. The highest BCUT2D eigenvalue weighted by Gasteiger charge is 2.42. The van der Waals surface area contributed by atoms with Gasteiger partial charge in [0.1, 0.15) is 6.61 Å². The number of nitrogens with zero attached hydrogens (tertiary/aromatic N) is 1. The summed E-state index contributed by atoms with van der Waals surface area (Å²) in [6, 6.07) is 2.04. The normalized spacial score (nSPS) is 20.2. The number of nitrogens with one attached hydrogen (secondary N) is 1. The van der Waals surface area contributed by atoms with Crippen molar-refractivity contribution >= 4 is 12.0 Å². The summed E-state index contributed by atoms with van der Waals surface area (Å²) in [7, 11) is 1.48. The lowest BCUT2D eigenvalue weighted by Crippen LogP contribution is -2.49. The van der Waals surface area contributed by atoms with Crippen LogP contribution in [0.1, 0.15) is 31.4 Å². The van der Waals surface area contributed by atoms with Crippen molar-refractivity contribution in [2.75, 3.05) is 20.3 Å². The highest BCUT2D eigenvalue weighted by Crippen LogP contribution is 2.38. The van der Waals surface area contributed by atoms with E-state index in [1.165, 1.54) is 18.1 Å². The first-order valence-corrected chi connectivity index (χ1v) is 8.35. The fourth-order valence-electron chi connectivity index (χ4n) is 3.03. The Labute approximate surface area is 149 Å². The maximum absolute atomic E-state index is 13.7. The van der Waals surface area contributed by atoms with Gasteiger partial charge in [-0.1, -0.05) is 6.07 Å². The third kappa shape index (κ3) is 3.55. The molecule has 1 heterocycles. The Kier molecular flexibility index (Phi) is 5.22. The highest BCUT2D eigenvalue weighted by molar-refractivity contribution is 5.95. The standard InChI is InChI=1S/C18H20F2N2O4/c1-10-15(17(23)26-8-7-25-2)16(11-3-6-13(19)14(20)9-11)21-18(24)22(10)12-4-5-12/h3,6,9,12,16H,4-5,7-8H2,1-2H3,(H,21,24)/t16-/m1/s1. The Bertz CT molecular complexity index is 762. The van der Waals surface area contributed by atoms with E-state index in [1.807, 2.05) is 0 Å². The lowest BCUT2D eigenvalue weighted by Gasteiger charge is -2.35. The largest absolute Gasteiger partial charge is 0.460 e. The lowest BCUT2D eigenvalue weighted by atomic mass is 9.94. The minimum atomic E-state index is -1.05. The van der Waals surface area contributed by atoms with Gasteiger partial charge in [-0.15, -0.1) is 0 Å². The van der Waals surface area contributed by atoms with E-state index in [0.29, 0.717) is 5.70 Å². The first kappa shape index (κ1) is 18.3. The van der Waals surface area contributed by atoms with Gasteiger partial charge in [0, 0.05) is 18.8 Å². The second-order valence-electron chi connectivity index (χ2n) is 6.29. The topological polar surface area (TPSA) is 67.9 Å². The predicted octanol–water partition coefficient (Wildman–Crippen LogP) is 2.66. The van der Waals surface area contributed by atoms with Crippen molar-refractivity contribution in [3.63, 3.8) is 0 Å². The molecule has 3 rings (SSSR count). The molecule has 1 aromatic rings. The van der Waals surface area contributed by atoms with Crippen LogP contribution in [0.25, 0.3) is 0 Å². The number of benzene rings is 1. The second-order valence-corrected chi connectivity index (χ2v) is 6.29. The van der Waals surface area contributed by atoms with Gasteiger partial charge in [-0.05, 0) is 37.5 Å². The molecule has 140 valence electrons. The highest BCUT2D eigenvalue weighted by atomic mass is 19.2. The van der Waals surface area contributed by atoms with Crippen molar-refractivity contribution < 1.29 is 27.8 Å². The van der Waals surface area contributed by atoms with E-state index in [9.17, 15) is 18.4 Å². The first-order chi connectivity index (χ1) is 12.4. The number of hydrogen-bond donors (Lipinski definition) is 1. The maximum atomic E-state index is 13.7. The van der Waals surface area contributed by atoms with Gasteiger partial charge < -0.3 is 14.8 Å². The zero-order valence-corrected chi connectivity index (χ0v) is 14.6. The monoisotopic (exact) mass is 366 g/mol. The molecule has 0 spiro atoms. The average molecular weight is 366 g/mol. The molecule has 0 bridgehead atoms. The van der Waals surface area contributed by atoms with E-state index in [0.717, 1.165) is 25.0 Å². The Morgan fingerprint density at radius 1 is 1.27 bits per heavy atom. The Morgan fingerprint density at radius 3 is 2.62 bits per heavy atom. The molecule has 1 fully saturated rings. The summed E-state index contributed by atoms with van der Waals surface area (Å²) in [6.45, 7) is 1.94. The maximum Gasteiger partial charge on any atom is 0.338 e. The van der Waals surface area contributed by atoms with E-state index in [-0.39, 0.29) is 36.4 Å². The molecule has 2 amide bonds. The van der Waals surface area contributed by atoms with Crippen LogP contribution in [0.15, 0.2) is 29.5 Å². The van der Waals surface area contributed by atoms with Crippen LogP contribution in [-0.4, -0.2) is 43.3 Å². The van der Waals surface area contributed by atoms with Crippen molar-refractivity contribution in [1.82, 2.24) is 10.2 Å². The van der Waals surface area contributed by atoms with Crippen LogP contribution >= 0.6 is 0 Å². The Morgan fingerprint density at radius 2 is 2.00 bits per heavy atom. The summed E-state index contributed by atoms with van der Waals surface area (Å²) >= 11 is 0. The number of carbonyl (C=O) groups excluding carboxylic acids is 2. The quantitative estimate of drug-likeness (QED) is 0.621. The van der Waals surface area contributed by atoms with Crippen molar-refractivity contribution in [1.29, 1.82) is 0 Å². The molecule has 8 heteroatoms. The molecule has 1 aliphatic heterocycles. The molecule has 1 N–H and O–H groups in total. The van der Waals surface area contributed by atoms with Gasteiger partial charge in [0.05, 0.1) is 18.2 Å².